The monoisotopic (exact) mass is 291 g/mol. The second kappa shape index (κ2) is 7.00. The van der Waals surface area contributed by atoms with Crippen molar-refractivity contribution in [1.82, 2.24) is 5.32 Å². The molecule has 112 valence electrons. The molecule has 0 saturated heterocycles. The summed E-state index contributed by atoms with van der Waals surface area (Å²) < 4.78 is 0. The molecule has 2 heteroatoms. The van der Waals surface area contributed by atoms with E-state index in [0.29, 0.717) is 11.5 Å². The second-order valence-electron chi connectivity index (χ2n) is 6.96. The Kier molecular flexibility index (Phi) is 5.57. The Bertz CT molecular complexity index is 397. The molecule has 1 heterocycles. The van der Waals surface area contributed by atoms with Crippen LogP contribution in [0, 0.1) is 5.41 Å². The fourth-order valence-electron chi connectivity index (χ4n) is 3.05. The van der Waals surface area contributed by atoms with E-state index in [4.69, 9.17) is 0 Å². The largest absolute Gasteiger partial charge is 0.314 e. The van der Waals surface area contributed by atoms with Crippen molar-refractivity contribution in [3.8, 4) is 0 Å². The van der Waals surface area contributed by atoms with Crippen molar-refractivity contribution >= 4 is 11.8 Å². The van der Waals surface area contributed by atoms with Gasteiger partial charge in [0.05, 0.1) is 0 Å². The Morgan fingerprint density at radius 3 is 2.70 bits per heavy atom. The number of fused-ring (bicyclic) bond motifs is 1. The van der Waals surface area contributed by atoms with Crippen LogP contribution in [-0.4, -0.2) is 17.8 Å². The smallest absolute Gasteiger partial charge is 0.0135 e. The summed E-state index contributed by atoms with van der Waals surface area (Å²) in [5, 5.41) is 4.46. The fraction of sp³-hybridized carbons (Fsp3) is 0.667. The summed E-state index contributed by atoms with van der Waals surface area (Å²) in [5.41, 5.74) is 1.92. The molecule has 0 fully saturated rings. The average Bonchev–Trinajstić information content (AvgIpc) is 2.79. The molecule has 2 atom stereocenters. The van der Waals surface area contributed by atoms with Gasteiger partial charge in [-0.15, -0.1) is 11.8 Å². The third kappa shape index (κ3) is 4.26. The Morgan fingerprint density at radius 2 is 2.05 bits per heavy atom. The highest BCUT2D eigenvalue weighted by Gasteiger charge is 2.25. The van der Waals surface area contributed by atoms with E-state index in [-0.39, 0.29) is 0 Å². The molecule has 0 amide bonds. The van der Waals surface area contributed by atoms with Crippen molar-refractivity contribution in [3.63, 3.8) is 0 Å². The molecule has 0 aliphatic carbocycles. The number of benzene rings is 1. The van der Waals surface area contributed by atoms with Gasteiger partial charge in [-0.3, -0.25) is 0 Å². The summed E-state index contributed by atoms with van der Waals surface area (Å²) in [6.07, 6.45) is 5.24. The van der Waals surface area contributed by atoms with Crippen LogP contribution < -0.4 is 5.32 Å². The third-order valence-electron chi connectivity index (χ3n) is 4.23. The number of thioether (sulfide) groups is 1. The summed E-state index contributed by atoms with van der Waals surface area (Å²) in [6.45, 7) is 10.3. The van der Waals surface area contributed by atoms with Crippen LogP contribution in [0.4, 0.5) is 0 Å². The van der Waals surface area contributed by atoms with Gasteiger partial charge < -0.3 is 5.32 Å². The van der Waals surface area contributed by atoms with Crippen LogP contribution in [0.5, 0.6) is 0 Å². The maximum atomic E-state index is 3.66. The van der Waals surface area contributed by atoms with E-state index in [2.05, 4.69) is 69.0 Å². The van der Waals surface area contributed by atoms with Gasteiger partial charge in [-0.05, 0) is 42.9 Å². The first-order chi connectivity index (χ1) is 9.50. The number of rotatable bonds is 6. The molecular weight excluding hydrogens is 262 g/mol. The van der Waals surface area contributed by atoms with Crippen LogP contribution >= 0.6 is 11.8 Å². The summed E-state index contributed by atoms with van der Waals surface area (Å²) >= 11 is 2.09. The molecule has 1 aliphatic heterocycles. The minimum atomic E-state index is 0.363. The summed E-state index contributed by atoms with van der Waals surface area (Å²) in [6, 6.07) is 9.54. The molecule has 2 unspecified atom stereocenters. The maximum Gasteiger partial charge on any atom is 0.0135 e. The van der Waals surface area contributed by atoms with Gasteiger partial charge in [0.15, 0.2) is 0 Å². The Hall–Kier alpha value is -0.470. The molecular formula is C18H29NS. The zero-order valence-corrected chi connectivity index (χ0v) is 14.2. The van der Waals surface area contributed by atoms with Crippen LogP contribution in [0.3, 0.4) is 0 Å². The van der Waals surface area contributed by atoms with Gasteiger partial charge in [-0.2, -0.15) is 0 Å². The molecule has 0 saturated carbocycles. The van der Waals surface area contributed by atoms with Gasteiger partial charge >= 0.3 is 0 Å². The van der Waals surface area contributed by atoms with Gasteiger partial charge in [-0.25, -0.2) is 0 Å². The summed E-state index contributed by atoms with van der Waals surface area (Å²) in [7, 11) is 0. The summed E-state index contributed by atoms with van der Waals surface area (Å²) in [5.74, 6) is 0. The molecule has 0 spiro atoms. The van der Waals surface area contributed by atoms with Crippen molar-refractivity contribution in [3.05, 3.63) is 29.8 Å². The SMILES string of the molecule is CCNC(CCCC1Cc2ccccc2S1)C(C)(C)C. The molecule has 0 bridgehead atoms. The van der Waals surface area contributed by atoms with Crippen LogP contribution in [-0.2, 0) is 6.42 Å². The standard InChI is InChI=1S/C18H29NS/c1-5-19-17(18(2,3)4)12-8-10-15-13-14-9-6-7-11-16(14)20-15/h6-7,9,11,15,17,19H,5,8,10,12-13H2,1-4H3. The zero-order valence-electron chi connectivity index (χ0n) is 13.4. The van der Waals surface area contributed by atoms with Crippen LogP contribution in [0.25, 0.3) is 0 Å². The number of hydrogen-bond acceptors (Lipinski definition) is 2. The van der Waals surface area contributed by atoms with E-state index < -0.39 is 0 Å². The van der Waals surface area contributed by atoms with Crippen LogP contribution in [0.15, 0.2) is 29.2 Å². The van der Waals surface area contributed by atoms with Crippen molar-refractivity contribution in [2.45, 2.75) is 69.6 Å². The normalized spacial score (nSPS) is 19.9. The number of hydrogen-bond donors (Lipinski definition) is 1. The van der Waals surface area contributed by atoms with E-state index in [9.17, 15) is 0 Å². The lowest BCUT2D eigenvalue weighted by Crippen LogP contribution is -2.40. The van der Waals surface area contributed by atoms with Crippen molar-refractivity contribution in [1.29, 1.82) is 0 Å². The van der Waals surface area contributed by atoms with E-state index >= 15 is 0 Å². The fourth-order valence-corrected chi connectivity index (χ4v) is 4.42. The van der Waals surface area contributed by atoms with Gasteiger partial charge in [0.25, 0.3) is 0 Å². The topological polar surface area (TPSA) is 12.0 Å². The number of nitrogens with one attached hydrogen (secondary N) is 1. The van der Waals surface area contributed by atoms with Crippen molar-refractivity contribution in [2.24, 2.45) is 5.41 Å². The molecule has 1 aromatic rings. The predicted octanol–water partition coefficient (Wildman–Crippen LogP) is 4.90. The lowest BCUT2D eigenvalue weighted by atomic mass is 9.83. The van der Waals surface area contributed by atoms with Gasteiger partial charge in [-0.1, -0.05) is 52.3 Å². The highest BCUT2D eigenvalue weighted by atomic mass is 32.2. The second-order valence-corrected chi connectivity index (χ2v) is 8.30. The van der Waals surface area contributed by atoms with Crippen molar-refractivity contribution in [2.75, 3.05) is 6.54 Å². The van der Waals surface area contributed by atoms with E-state index in [1.54, 1.807) is 5.56 Å². The Morgan fingerprint density at radius 1 is 1.30 bits per heavy atom. The van der Waals surface area contributed by atoms with E-state index in [1.165, 1.54) is 30.6 Å². The molecule has 1 aromatic carbocycles. The van der Waals surface area contributed by atoms with E-state index in [0.717, 1.165) is 11.8 Å². The third-order valence-corrected chi connectivity index (χ3v) is 5.62. The van der Waals surface area contributed by atoms with Crippen LogP contribution in [0.1, 0.15) is 52.5 Å². The molecule has 1 N–H and O–H groups in total. The Balaban J connectivity index is 1.77. The zero-order chi connectivity index (χ0) is 14.6. The van der Waals surface area contributed by atoms with Gasteiger partial charge in [0, 0.05) is 16.2 Å². The predicted molar refractivity (Wildman–Crippen MR) is 90.6 cm³/mol. The maximum absolute atomic E-state index is 3.66. The molecule has 1 aliphatic rings. The quantitative estimate of drug-likeness (QED) is 0.800. The molecule has 1 nitrogen and oxygen atoms in total. The molecule has 0 radical (unpaired) electrons. The minimum Gasteiger partial charge on any atom is -0.314 e. The lowest BCUT2D eigenvalue weighted by Gasteiger charge is -2.31. The van der Waals surface area contributed by atoms with Crippen LogP contribution in [0.2, 0.25) is 0 Å². The molecule has 2 rings (SSSR count). The Labute approximate surface area is 128 Å². The highest BCUT2D eigenvalue weighted by Crippen LogP contribution is 2.39. The molecule has 20 heavy (non-hydrogen) atoms. The first-order valence-corrected chi connectivity index (χ1v) is 8.86. The van der Waals surface area contributed by atoms with Gasteiger partial charge in [0.1, 0.15) is 0 Å². The average molecular weight is 292 g/mol. The van der Waals surface area contributed by atoms with E-state index in [1.807, 2.05) is 0 Å². The minimum absolute atomic E-state index is 0.363. The van der Waals surface area contributed by atoms with Crippen molar-refractivity contribution < 1.29 is 0 Å². The summed E-state index contributed by atoms with van der Waals surface area (Å²) in [4.78, 5) is 1.51. The highest BCUT2D eigenvalue weighted by molar-refractivity contribution is 8.00. The van der Waals surface area contributed by atoms with Gasteiger partial charge in [0.2, 0.25) is 0 Å². The lowest BCUT2D eigenvalue weighted by molar-refractivity contribution is 0.253. The molecule has 0 aromatic heterocycles. The first-order valence-electron chi connectivity index (χ1n) is 7.98. The first kappa shape index (κ1) is 15.9.